The highest BCUT2D eigenvalue weighted by Crippen LogP contribution is 2.20. The third-order valence-electron chi connectivity index (χ3n) is 1.82. The number of hydrogen-bond donors (Lipinski definition) is 1. The Morgan fingerprint density at radius 3 is 2.00 bits per heavy atom. The molecule has 0 saturated heterocycles. The summed E-state index contributed by atoms with van der Waals surface area (Å²) in [6.45, 7) is 9.53. The summed E-state index contributed by atoms with van der Waals surface area (Å²) in [4.78, 5) is 0. The van der Waals surface area contributed by atoms with Crippen LogP contribution in [0.1, 0.15) is 40.3 Å². The normalized spacial score (nSPS) is 13.4. The van der Waals surface area contributed by atoms with E-state index in [1.807, 2.05) is 0 Å². The van der Waals surface area contributed by atoms with Crippen LogP contribution < -0.4 is 0 Å². The van der Waals surface area contributed by atoms with Crippen LogP contribution in [0.15, 0.2) is 6.20 Å². The van der Waals surface area contributed by atoms with E-state index in [9.17, 15) is 5.11 Å². The highest BCUT2D eigenvalue weighted by atomic mass is 16.3. The minimum atomic E-state index is -0.976. The van der Waals surface area contributed by atoms with Crippen molar-refractivity contribution in [2.45, 2.75) is 45.8 Å². The number of hydrogen-bond acceptors (Lipinski definition) is 3. The fraction of sp³-hybridized carbons (Fsp3) is 0.778. The van der Waals surface area contributed by atoms with Crippen LogP contribution in [0.25, 0.3) is 0 Å². The fourth-order valence-electron chi connectivity index (χ4n) is 0.875. The van der Waals surface area contributed by atoms with Gasteiger partial charge < -0.3 is 5.11 Å². The van der Waals surface area contributed by atoms with Gasteiger partial charge in [0, 0.05) is 5.41 Å². The van der Waals surface area contributed by atoms with Crippen LogP contribution in [0.2, 0.25) is 0 Å². The monoisotopic (exact) mass is 183 g/mol. The summed E-state index contributed by atoms with van der Waals surface area (Å²) in [5.41, 5.74) is -0.116. The lowest BCUT2D eigenvalue weighted by Gasteiger charge is -2.17. The van der Waals surface area contributed by atoms with E-state index in [0.717, 1.165) is 5.69 Å². The Hall–Kier alpha value is -0.900. The molecule has 1 N–H and O–H groups in total. The second kappa shape index (κ2) is 2.80. The van der Waals surface area contributed by atoms with Crippen LogP contribution in [0.4, 0.5) is 0 Å². The zero-order valence-electron chi connectivity index (χ0n) is 8.87. The molecule has 0 aliphatic heterocycles. The summed E-state index contributed by atoms with van der Waals surface area (Å²) in [5.74, 6) is 0. The van der Waals surface area contributed by atoms with Crippen molar-refractivity contribution in [1.82, 2.24) is 15.0 Å². The maximum Gasteiger partial charge on any atom is 0.153 e. The van der Waals surface area contributed by atoms with Crippen molar-refractivity contribution in [3.8, 4) is 0 Å². The number of nitrogens with zero attached hydrogens (tertiary/aromatic N) is 3. The minimum absolute atomic E-state index is 0.0243. The van der Waals surface area contributed by atoms with Crippen molar-refractivity contribution >= 4 is 0 Å². The molecule has 0 radical (unpaired) electrons. The smallest absolute Gasteiger partial charge is 0.153 e. The molecular formula is C9H17N3O. The number of aliphatic hydroxyl groups is 1. The minimum Gasteiger partial charge on any atom is -0.370 e. The maximum absolute atomic E-state index is 9.63. The van der Waals surface area contributed by atoms with Gasteiger partial charge in [-0.05, 0) is 13.8 Å². The fourth-order valence-corrected chi connectivity index (χ4v) is 0.875. The lowest BCUT2D eigenvalue weighted by Crippen LogP contribution is -2.26. The zero-order valence-corrected chi connectivity index (χ0v) is 8.87. The average Bonchev–Trinajstić information content (AvgIpc) is 2.28. The predicted octanol–water partition coefficient (Wildman–Crippen LogP) is 1.26. The first kappa shape index (κ1) is 10.2. The molecule has 0 fully saturated rings. The van der Waals surface area contributed by atoms with Gasteiger partial charge in [-0.3, -0.25) is 0 Å². The molecule has 4 nitrogen and oxygen atoms in total. The quantitative estimate of drug-likeness (QED) is 0.713. The molecule has 13 heavy (non-hydrogen) atoms. The zero-order chi connectivity index (χ0) is 10.3. The van der Waals surface area contributed by atoms with E-state index < -0.39 is 5.72 Å². The van der Waals surface area contributed by atoms with Crippen LogP contribution in [0.5, 0.6) is 0 Å². The molecule has 0 aliphatic carbocycles. The summed E-state index contributed by atoms with van der Waals surface area (Å²) < 4.78 is 1.47. The third kappa shape index (κ3) is 2.28. The number of aromatic nitrogens is 3. The summed E-state index contributed by atoms with van der Waals surface area (Å²) in [5, 5.41) is 17.5. The summed E-state index contributed by atoms with van der Waals surface area (Å²) in [7, 11) is 0. The molecule has 0 unspecified atom stereocenters. The lowest BCUT2D eigenvalue weighted by atomic mass is 9.93. The van der Waals surface area contributed by atoms with E-state index in [4.69, 9.17) is 0 Å². The molecule has 74 valence electrons. The van der Waals surface area contributed by atoms with Crippen LogP contribution >= 0.6 is 0 Å². The Kier molecular flexibility index (Phi) is 2.20. The molecule has 0 spiro atoms. The van der Waals surface area contributed by atoms with Gasteiger partial charge in [-0.25, -0.2) is 4.68 Å². The molecule has 0 aliphatic rings. The van der Waals surface area contributed by atoms with Crippen molar-refractivity contribution in [1.29, 1.82) is 0 Å². The van der Waals surface area contributed by atoms with Gasteiger partial charge in [0.25, 0.3) is 0 Å². The van der Waals surface area contributed by atoms with Gasteiger partial charge in [0.1, 0.15) is 0 Å². The summed E-state index contributed by atoms with van der Waals surface area (Å²) in [6.07, 6.45) is 1.78. The molecule has 0 bridgehead atoms. The van der Waals surface area contributed by atoms with Gasteiger partial charge in [0.15, 0.2) is 5.72 Å². The van der Waals surface area contributed by atoms with Crippen LogP contribution in [0.3, 0.4) is 0 Å². The topological polar surface area (TPSA) is 50.9 Å². The first-order valence-corrected chi connectivity index (χ1v) is 4.37. The van der Waals surface area contributed by atoms with Gasteiger partial charge in [-0.2, -0.15) is 0 Å². The summed E-state index contributed by atoms with van der Waals surface area (Å²) in [6, 6.07) is 0. The number of rotatable bonds is 1. The molecule has 1 heterocycles. The predicted molar refractivity (Wildman–Crippen MR) is 50.3 cm³/mol. The first-order chi connectivity index (χ1) is 5.71. The van der Waals surface area contributed by atoms with E-state index in [-0.39, 0.29) is 5.41 Å². The van der Waals surface area contributed by atoms with Crippen molar-refractivity contribution in [3.05, 3.63) is 11.9 Å². The molecule has 0 aromatic carbocycles. The Bertz CT molecular complexity index is 262. The van der Waals surface area contributed by atoms with Crippen molar-refractivity contribution in [2.24, 2.45) is 0 Å². The van der Waals surface area contributed by atoms with E-state index in [2.05, 4.69) is 31.1 Å². The van der Waals surface area contributed by atoms with E-state index in [0.29, 0.717) is 0 Å². The molecule has 0 atom stereocenters. The largest absolute Gasteiger partial charge is 0.370 e. The van der Waals surface area contributed by atoms with Gasteiger partial charge in [-0.15, -0.1) is 5.10 Å². The summed E-state index contributed by atoms with van der Waals surface area (Å²) >= 11 is 0. The molecule has 0 saturated carbocycles. The second-order valence-corrected chi connectivity index (χ2v) is 4.79. The molecule has 1 aromatic rings. The maximum atomic E-state index is 9.63. The standard InChI is InChI=1S/C9H17N3O/c1-8(2,3)7-6-12(11-10-7)9(4,5)13/h6,13H,1-5H3. The highest BCUT2D eigenvalue weighted by molar-refractivity contribution is 5.06. The molecule has 0 amide bonds. The van der Waals surface area contributed by atoms with Crippen LogP contribution in [-0.4, -0.2) is 20.1 Å². The molecule has 1 rings (SSSR count). The highest BCUT2D eigenvalue weighted by Gasteiger charge is 2.22. The Morgan fingerprint density at radius 2 is 1.77 bits per heavy atom. The van der Waals surface area contributed by atoms with E-state index in [1.165, 1.54) is 4.68 Å². The third-order valence-corrected chi connectivity index (χ3v) is 1.82. The Balaban J connectivity index is 3.01. The molecular weight excluding hydrogens is 166 g/mol. The average molecular weight is 183 g/mol. The second-order valence-electron chi connectivity index (χ2n) is 4.79. The van der Waals surface area contributed by atoms with Gasteiger partial charge in [0.2, 0.25) is 0 Å². The Morgan fingerprint density at radius 1 is 1.23 bits per heavy atom. The molecule has 1 aromatic heterocycles. The molecule has 4 heteroatoms. The van der Waals surface area contributed by atoms with E-state index in [1.54, 1.807) is 20.0 Å². The first-order valence-electron chi connectivity index (χ1n) is 4.37. The van der Waals surface area contributed by atoms with E-state index >= 15 is 0 Å². The lowest BCUT2D eigenvalue weighted by molar-refractivity contribution is -0.0120. The van der Waals surface area contributed by atoms with Gasteiger partial charge in [-0.1, -0.05) is 26.0 Å². The van der Waals surface area contributed by atoms with Gasteiger partial charge >= 0.3 is 0 Å². The van der Waals surface area contributed by atoms with Crippen molar-refractivity contribution < 1.29 is 5.11 Å². The SMILES string of the molecule is CC(C)(C)c1cn(C(C)(C)O)nn1. The Labute approximate surface area is 78.6 Å². The van der Waals surface area contributed by atoms with Crippen LogP contribution in [0, 0.1) is 0 Å². The van der Waals surface area contributed by atoms with Crippen LogP contribution in [-0.2, 0) is 11.1 Å². The van der Waals surface area contributed by atoms with Crippen molar-refractivity contribution in [2.75, 3.05) is 0 Å². The van der Waals surface area contributed by atoms with Gasteiger partial charge in [0.05, 0.1) is 11.9 Å². The van der Waals surface area contributed by atoms with Crippen molar-refractivity contribution in [3.63, 3.8) is 0 Å².